The third-order valence-electron chi connectivity index (χ3n) is 2.90. The van der Waals surface area contributed by atoms with Crippen LogP contribution in [0.15, 0.2) is 36.0 Å². The number of hydrogen-bond acceptors (Lipinski definition) is 5. The highest BCUT2D eigenvalue weighted by molar-refractivity contribution is 6.30. The van der Waals surface area contributed by atoms with Crippen molar-refractivity contribution in [2.24, 2.45) is 5.92 Å². The molecule has 0 spiro atoms. The summed E-state index contributed by atoms with van der Waals surface area (Å²) in [7, 11) is 0. The molecule has 1 fully saturated rings. The van der Waals surface area contributed by atoms with E-state index in [2.05, 4.69) is 16.2 Å². The maximum absolute atomic E-state index is 11.4. The van der Waals surface area contributed by atoms with Crippen molar-refractivity contribution in [3.8, 4) is 0 Å². The topological polar surface area (TPSA) is 70.2 Å². The third-order valence-corrected chi connectivity index (χ3v) is 3.16. The Balaban J connectivity index is 1.93. The van der Waals surface area contributed by atoms with Gasteiger partial charge in [-0.3, -0.25) is 9.59 Å². The Bertz CT molecular complexity index is 499. The van der Waals surface area contributed by atoms with E-state index in [-0.39, 0.29) is 5.92 Å². The first kappa shape index (κ1) is 13.6. The summed E-state index contributed by atoms with van der Waals surface area (Å²) in [6, 6.07) is 7.20. The van der Waals surface area contributed by atoms with Crippen molar-refractivity contribution in [1.82, 2.24) is 10.7 Å². The molecule has 0 saturated carbocycles. The monoisotopic (exact) mass is 279 g/mol. The fourth-order valence-corrected chi connectivity index (χ4v) is 2.00. The van der Waals surface area contributed by atoms with Gasteiger partial charge >= 0.3 is 0 Å². The van der Waals surface area contributed by atoms with Crippen molar-refractivity contribution < 1.29 is 9.59 Å². The molecule has 1 aliphatic rings. The minimum atomic E-state index is -0.399. The number of hydrazine groups is 1. The summed E-state index contributed by atoms with van der Waals surface area (Å²) >= 11 is 5.78. The average molecular weight is 280 g/mol. The third kappa shape index (κ3) is 3.56. The molecule has 1 saturated heterocycles. The summed E-state index contributed by atoms with van der Waals surface area (Å²) in [5.74, 6) is -0.762. The number of carbonyl (C=O) groups is 2. The predicted molar refractivity (Wildman–Crippen MR) is 73.7 cm³/mol. The molecule has 100 valence electrons. The summed E-state index contributed by atoms with van der Waals surface area (Å²) in [5, 5.41) is 3.73. The van der Waals surface area contributed by atoms with Gasteiger partial charge in [0.2, 0.25) is 5.78 Å². The molecule has 1 aliphatic heterocycles. The van der Waals surface area contributed by atoms with E-state index in [0.717, 1.165) is 11.3 Å². The van der Waals surface area contributed by atoms with E-state index >= 15 is 0 Å². The van der Waals surface area contributed by atoms with Crippen molar-refractivity contribution >= 4 is 29.4 Å². The van der Waals surface area contributed by atoms with Crippen LogP contribution in [0, 0.1) is 5.92 Å². The normalized spacial score (nSPS) is 20.3. The predicted octanol–water partition coefficient (Wildman–Crippen LogP) is 1.13. The molecule has 6 heteroatoms. The van der Waals surface area contributed by atoms with E-state index < -0.39 is 5.78 Å². The van der Waals surface area contributed by atoms with Crippen molar-refractivity contribution in [1.29, 1.82) is 0 Å². The molecule has 5 nitrogen and oxygen atoms in total. The van der Waals surface area contributed by atoms with Gasteiger partial charge in [-0.15, -0.1) is 0 Å². The van der Waals surface area contributed by atoms with Crippen LogP contribution in [0.3, 0.4) is 0 Å². The van der Waals surface area contributed by atoms with Gasteiger partial charge in [0.15, 0.2) is 6.29 Å². The molecule has 1 aromatic rings. The van der Waals surface area contributed by atoms with Gasteiger partial charge in [-0.05, 0) is 29.8 Å². The number of benzene rings is 1. The number of aldehydes is 1. The standard InChI is InChI=1S/C13H14ClN3O2/c14-10-1-3-11(4-2-10)17-16-6-9-5-15-7-12(9)13(19)8-18/h1-4,6,8,12,15-17H,5,7H2. The van der Waals surface area contributed by atoms with E-state index in [1.807, 2.05) is 12.1 Å². The fraction of sp³-hybridized carbons (Fsp3) is 0.231. The quantitative estimate of drug-likeness (QED) is 0.428. The number of ketones is 1. The van der Waals surface area contributed by atoms with Crippen molar-refractivity contribution in [2.45, 2.75) is 0 Å². The van der Waals surface area contributed by atoms with E-state index in [1.54, 1.807) is 18.3 Å². The zero-order chi connectivity index (χ0) is 13.7. The summed E-state index contributed by atoms with van der Waals surface area (Å²) in [5.41, 5.74) is 7.58. The van der Waals surface area contributed by atoms with Crippen LogP contribution in [0.5, 0.6) is 0 Å². The maximum Gasteiger partial charge on any atom is 0.203 e. The van der Waals surface area contributed by atoms with Crippen LogP contribution >= 0.6 is 11.6 Å². The Labute approximate surface area is 116 Å². The van der Waals surface area contributed by atoms with Gasteiger partial charge in [-0.1, -0.05) is 11.6 Å². The highest BCUT2D eigenvalue weighted by Crippen LogP contribution is 2.16. The Kier molecular flexibility index (Phi) is 4.54. The van der Waals surface area contributed by atoms with Crippen molar-refractivity contribution in [2.75, 3.05) is 18.5 Å². The van der Waals surface area contributed by atoms with Crippen LogP contribution < -0.4 is 16.2 Å². The number of hydrogen-bond donors (Lipinski definition) is 3. The van der Waals surface area contributed by atoms with Crippen LogP contribution in [0.25, 0.3) is 0 Å². The van der Waals surface area contributed by atoms with Crippen LogP contribution in [-0.2, 0) is 9.59 Å². The molecule has 0 bridgehead atoms. The van der Waals surface area contributed by atoms with Crippen molar-refractivity contribution in [3.05, 3.63) is 41.1 Å². The molecular formula is C13H14ClN3O2. The van der Waals surface area contributed by atoms with Gasteiger partial charge in [0.25, 0.3) is 0 Å². The molecule has 0 radical (unpaired) electrons. The largest absolute Gasteiger partial charge is 0.312 e. The first-order valence-corrected chi connectivity index (χ1v) is 6.24. The summed E-state index contributed by atoms with van der Waals surface area (Å²) in [6.45, 7) is 1.10. The lowest BCUT2D eigenvalue weighted by atomic mass is 10.00. The second kappa shape index (κ2) is 6.36. The Hall–Kier alpha value is -1.85. The first-order chi connectivity index (χ1) is 9.20. The van der Waals surface area contributed by atoms with Gasteiger partial charge < -0.3 is 16.2 Å². The van der Waals surface area contributed by atoms with Gasteiger partial charge in [0, 0.05) is 24.3 Å². The van der Waals surface area contributed by atoms with Gasteiger partial charge in [0.05, 0.1) is 11.6 Å². The van der Waals surface area contributed by atoms with Crippen LogP contribution in [0.4, 0.5) is 5.69 Å². The van der Waals surface area contributed by atoms with E-state index in [9.17, 15) is 9.59 Å². The molecule has 1 heterocycles. The number of Topliss-reactive ketones (excluding diaryl/α,β-unsaturated/α-hetero) is 1. The van der Waals surface area contributed by atoms with Gasteiger partial charge in [0.1, 0.15) is 0 Å². The van der Waals surface area contributed by atoms with Crippen LogP contribution in [0.2, 0.25) is 5.02 Å². The molecule has 1 atom stereocenters. The van der Waals surface area contributed by atoms with E-state index in [1.165, 1.54) is 0 Å². The maximum atomic E-state index is 11.4. The van der Waals surface area contributed by atoms with Crippen molar-refractivity contribution in [3.63, 3.8) is 0 Å². The Morgan fingerprint density at radius 3 is 2.79 bits per heavy atom. The molecule has 3 N–H and O–H groups in total. The molecule has 0 aliphatic carbocycles. The lowest BCUT2D eigenvalue weighted by Gasteiger charge is -2.09. The smallest absolute Gasteiger partial charge is 0.203 e. The summed E-state index contributed by atoms with van der Waals surface area (Å²) in [4.78, 5) is 21.9. The average Bonchev–Trinajstić information content (AvgIpc) is 2.88. The molecular weight excluding hydrogens is 266 g/mol. The molecule has 1 aromatic carbocycles. The minimum Gasteiger partial charge on any atom is -0.312 e. The first-order valence-electron chi connectivity index (χ1n) is 5.86. The highest BCUT2D eigenvalue weighted by atomic mass is 35.5. The SMILES string of the molecule is O=CC(=O)C1CNCC1=CNNc1ccc(Cl)cc1. The number of rotatable bonds is 5. The zero-order valence-corrected chi connectivity index (χ0v) is 10.9. The van der Waals surface area contributed by atoms with Crippen LogP contribution in [0.1, 0.15) is 0 Å². The second-order valence-corrected chi connectivity index (χ2v) is 4.64. The van der Waals surface area contributed by atoms with Gasteiger partial charge in [-0.2, -0.15) is 0 Å². The molecule has 19 heavy (non-hydrogen) atoms. The number of nitrogens with one attached hydrogen (secondary N) is 3. The minimum absolute atomic E-state index is 0.364. The number of halogens is 1. The molecule has 1 unspecified atom stereocenters. The van der Waals surface area contributed by atoms with E-state index in [0.29, 0.717) is 24.4 Å². The van der Waals surface area contributed by atoms with Gasteiger partial charge in [-0.25, -0.2) is 0 Å². The second-order valence-electron chi connectivity index (χ2n) is 4.20. The number of carbonyl (C=O) groups excluding carboxylic acids is 2. The Morgan fingerprint density at radius 2 is 2.11 bits per heavy atom. The lowest BCUT2D eigenvalue weighted by molar-refractivity contribution is -0.131. The van der Waals surface area contributed by atoms with E-state index in [4.69, 9.17) is 11.6 Å². The fourth-order valence-electron chi connectivity index (χ4n) is 1.88. The number of anilines is 1. The zero-order valence-electron chi connectivity index (χ0n) is 10.2. The lowest BCUT2D eigenvalue weighted by Crippen LogP contribution is -2.21. The Morgan fingerprint density at radius 1 is 1.37 bits per heavy atom. The highest BCUT2D eigenvalue weighted by Gasteiger charge is 2.26. The van der Waals surface area contributed by atoms with Crippen LogP contribution in [-0.4, -0.2) is 25.2 Å². The summed E-state index contributed by atoms with van der Waals surface area (Å²) < 4.78 is 0. The summed E-state index contributed by atoms with van der Waals surface area (Å²) in [6.07, 6.45) is 2.08. The molecule has 0 amide bonds. The molecule has 0 aromatic heterocycles. The molecule has 2 rings (SSSR count).